The number of piperidine rings is 1. The van der Waals surface area contributed by atoms with Gasteiger partial charge in [-0.25, -0.2) is 4.68 Å². The van der Waals surface area contributed by atoms with Gasteiger partial charge < -0.3 is 10.1 Å². The summed E-state index contributed by atoms with van der Waals surface area (Å²) >= 11 is 0. The first-order valence-electron chi connectivity index (χ1n) is 12.0. The van der Waals surface area contributed by atoms with Crippen LogP contribution in [0.2, 0.25) is 0 Å². The fraction of sp³-hybridized carbons (Fsp3) is 0.423. The number of nitrogens with one attached hydrogen (secondary N) is 1. The molecule has 2 fully saturated rings. The van der Waals surface area contributed by atoms with Crippen LogP contribution in [-0.2, 0) is 6.54 Å². The van der Waals surface area contributed by atoms with Gasteiger partial charge >= 0.3 is 0 Å². The van der Waals surface area contributed by atoms with Crippen molar-refractivity contribution in [1.29, 1.82) is 0 Å². The number of carbonyl (C=O) groups excluding carboxylic acids is 1. The van der Waals surface area contributed by atoms with Crippen LogP contribution in [0.3, 0.4) is 0 Å². The maximum absolute atomic E-state index is 12.5. The molecule has 0 unspecified atom stereocenters. The summed E-state index contributed by atoms with van der Waals surface area (Å²) in [7, 11) is 0. The third kappa shape index (κ3) is 5.42. The maximum Gasteiger partial charge on any atom is 0.258 e. The van der Waals surface area contributed by atoms with E-state index in [4.69, 9.17) is 4.74 Å². The quantitative estimate of drug-likeness (QED) is 0.571. The number of amides is 1. The SMILES string of the molecule is O=C(Nc1ccnn1C1CCN(Cc2ccc(OC3CCCC3)cc2)CC1)c1cccnc1. The molecule has 1 saturated heterocycles. The zero-order chi connectivity index (χ0) is 22.5. The molecule has 1 N–H and O–H groups in total. The van der Waals surface area contributed by atoms with Crippen LogP contribution in [0.5, 0.6) is 5.75 Å². The smallest absolute Gasteiger partial charge is 0.258 e. The number of hydrogen-bond donors (Lipinski definition) is 1. The van der Waals surface area contributed by atoms with Crippen molar-refractivity contribution in [2.24, 2.45) is 0 Å². The Bertz CT molecular complexity index is 1040. The summed E-state index contributed by atoms with van der Waals surface area (Å²) in [6.07, 6.45) is 12.3. The Labute approximate surface area is 194 Å². The normalized spacial score (nSPS) is 17.8. The van der Waals surface area contributed by atoms with E-state index >= 15 is 0 Å². The molecule has 1 aromatic carbocycles. The summed E-state index contributed by atoms with van der Waals surface area (Å²) in [5, 5.41) is 7.48. The third-order valence-corrected chi connectivity index (χ3v) is 6.67. The van der Waals surface area contributed by atoms with Crippen LogP contribution in [0.4, 0.5) is 5.82 Å². The highest BCUT2D eigenvalue weighted by atomic mass is 16.5. The number of aromatic nitrogens is 3. The minimum Gasteiger partial charge on any atom is -0.490 e. The first kappa shape index (κ1) is 21.6. The summed E-state index contributed by atoms with van der Waals surface area (Å²) in [4.78, 5) is 19.0. The van der Waals surface area contributed by atoms with Gasteiger partial charge in [-0.2, -0.15) is 5.10 Å². The van der Waals surface area contributed by atoms with Gasteiger partial charge in [0.15, 0.2) is 0 Å². The number of carbonyl (C=O) groups is 1. The Kier molecular flexibility index (Phi) is 6.67. The van der Waals surface area contributed by atoms with E-state index in [2.05, 4.69) is 44.6 Å². The molecular weight excluding hydrogens is 414 g/mol. The van der Waals surface area contributed by atoms with Crippen LogP contribution < -0.4 is 10.1 Å². The number of anilines is 1. The van der Waals surface area contributed by atoms with Crippen molar-refractivity contribution >= 4 is 11.7 Å². The molecule has 3 aromatic rings. The number of benzene rings is 1. The highest BCUT2D eigenvalue weighted by Crippen LogP contribution is 2.28. The average Bonchev–Trinajstić information content (AvgIpc) is 3.54. The van der Waals surface area contributed by atoms with E-state index in [1.165, 1.54) is 31.2 Å². The van der Waals surface area contributed by atoms with Crippen LogP contribution in [0.25, 0.3) is 0 Å². The number of ether oxygens (including phenoxy) is 1. The monoisotopic (exact) mass is 445 g/mol. The van der Waals surface area contributed by atoms with E-state index in [-0.39, 0.29) is 11.9 Å². The molecule has 3 heterocycles. The van der Waals surface area contributed by atoms with Crippen molar-refractivity contribution in [3.05, 3.63) is 72.2 Å². The predicted octanol–water partition coefficient (Wildman–Crippen LogP) is 4.69. The lowest BCUT2D eigenvalue weighted by Gasteiger charge is -2.32. The third-order valence-electron chi connectivity index (χ3n) is 6.67. The van der Waals surface area contributed by atoms with Gasteiger partial charge in [-0.3, -0.25) is 14.7 Å². The van der Waals surface area contributed by atoms with E-state index in [1.807, 2.05) is 10.7 Å². The van der Waals surface area contributed by atoms with Crippen LogP contribution >= 0.6 is 0 Å². The molecule has 1 saturated carbocycles. The van der Waals surface area contributed by atoms with Crippen molar-refractivity contribution in [3.63, 3.8) is 0 Å². The van der Waals surface area contributed by atoms with Crippen molar-refractivity contribution < 1.29 is 9.53 Å². The lowest BCUT2D eigenvalue weighted by atomic mass is 10.0. The van der Waals surface area contributed by atoms with Crippen LogP contribution in [0, 0.1) is 0 Å². The first-order valence-corrected chi connectivity index (χ1v) is 12.0. The molecule has 1 amide bonds. The van der Waals surface area contributed by atoms with E-state index in [0.29, 0.717) is 11.7 Å². The predicted molar refractivity (Wildman–Crippen MR) is 127 cm³/mol. The standard InChI is InChI=1S/C26H31N5O2/c32-26(21-4-3-14-27-18-21)29-25-11-15-28-31(25)22-12-16-30(17-13-22)19-20-7-9-24(10-8-20)33-23-5-1-2-6-23/h3-4,7-11,14-15,18,22-23H,1-2,5-6,12-13,16-17,19H2,(H,29,32). The lowest BCUT2D eigenvalue weighted by Crippen LogP contribution is -2.35. The second-order valence-electron chi connectivity index (χ2n) is 9.03. The summed E-state index contributed by atoms with van der Waals surface area (Å²) < 4.78 is 8.04. The van der Waals surface area contributed by atoms with Gasteiger partial charge in [-0.1, -0.05) is 12.1 Å². The number of nitrogens with zero attached hydrogens (tertiary/aromatic N) is 4. The molecular formula is C26H31N5O2. The summed E-state index contributed by atoms with van der Waals surface area (Å²) in [5.74, 6) is 1.56. The number of rotatable bonds is 7. The minimum atomic E-state index is -0.164. The van der Waals surface area contributed by atoms with Crippen LogP contribution in [0.1, 0.15) is 60.5 Å². The molecule has 0 spiro atoms. The number of hydrogen-bond acceptors (Lipinski definition) is 5. The molecule has 0 bridgehead atoms. The van der Waals surface area contributed by atoms with Crippen molar-refractivity contribution in [1.82, 2.24) is 19.7 Å². The molecule has 172 valence electrons. The van der Waals surface area contributed by atoms with Crippen LogP contribution in [-0.4, -0.2) is 44.8 Å². The molecule has 2 aromatic heterocycles. The van der Waals surface area contributed by atoms with E-state index < -0.39 is 0 Å². The lowest BCUT2D eigenvalue weighted by molar-refractivity contribution is 0.102. The van der Waals surface area contributed by atoms with Gasteiger partial charge in [0.25, 0.3) is 5.91 Å². The molecule has 7 heteroatoms. The van der Waals surface area contributed by atoms with E-state index in [1.54, 1.807) is 30.7 Å². The Balaban J connectivity index is 1.13. The van der Waals surface area contributed by atoms with Gasteiger partial charge in [-0.15, -0.1) is 0 Å². The van der Waals surface area contributed by atoms with Gasteiger partial charge in [0.05, 0.1) is 23.9 Å². The first-order chi connectivity index (χ1) is 16.2. The van der Waals surface area contributed by atoms with Crippen molar-refractivity contribution in [2.45, 2.75) is 57.2 Å². The zero-order valence-corrected chi connectivity index (χ0v) is 18.9. The van der Waals surface area contributed by atoms with E-state index in [0.717, 1.165) is 44.0 Å². The van der Waals surface area contributed by atoms with Gasteiger partial charge in [0.1, 0.15) is 11.6 Å². The molecule has 5 rings (SSSR count). The molecule has 1 aliphatic heterocycles. The summed E-state index contributed by atoms with van der Waals surface area (Å²) in [6.45, 7) is 2.95. The Hall–Kier alpha value is -3.19. The fourth-order valence-electron chi connectivity index (χ4n) is 4.84. The molecule has 33 heavy (non-hydrogen) atoms. The maximum atomic E-state index is 12.5. The molecule has 0 radical (unpaired) electrons. The van der Waals surface area contributed by atoms with E-state index in [9.17, 15) is 4.79 Å². The van der Waals surface area contributed by atoms with Gasteiger partial charge in [-0.05, 0) is 68.4 Å². The number of pyridine rings is 1. The fourth-order valence-corrected chi connectivity index (χ4v) is 4.84. The topological polar surface area (TPSA) is 72.3 Å². The molecule has 1 aliphatic carbocycles. The Morgan fingerprint density at radius 1 is 1.00 bits per heavy atom. The van der Waals surface area contributed by atoms with Crippen molar-refractivity contribution in [2.75, 3.05) is 18.4 Å². The highest BCUT2D eigenvalue weighted by molar-refractivity contribution is 6.03. The van der Waals surface area contributed by atoms with Gasteiger partial charge in [0, 0.05) is 38.1 Å². The van der Waals surface area contributed by atoms with Gasteiger partial charge in [0.2, 0.25) is 0 Å². The Morgan fingerprint density at radius 2 is 1.79 bits per heavy atom. The Morgan fingerprint density at radius 3 is 2.52 bits per heavy atom. The average molecular weight is 446 g/mol. The van der Waals surface area contributed by atoms with Crippen molar-refractivity contribution in [3.8, 4) is 5.75 Å². The second-order valence-corrected chi connectivity index (χ2v) is 9.03. The molecule has 2 aliphatic rings. The molecule has 7 nitrogen and oxygen atoms in total. The highest BCUT2D eigenvalue weighted by Gasteiger charge is 2.23. The minimum absolute atomic E-state index is 0.164. The second kappa shape index (κ2) is 10.2. The zero-order valence-electron chi connectivity index (χ0n) is 18.9. The molecule has 0 atom stereocenters. The van der Waals surface area contributed by atoms with Crippen LogP contribution in [0.15, 0.2) is 61.1 Å². The number of likely N-dealkylation sites (tertiary alicyclic amines) is 1. The summed E-state index contributed by atoms with van der Waals surface area (Å²) in [5.41, 5.74) is 1.86. The summed E-state index contributed by atoms with van der Waals surface area (Å²) in [6, 6.07) is 14.3. The largest absolute Gasteiger partial charge is 0.490 e.